The van der Waals surface area contributed by atoms with Crippen molar-refractivity contribution < 1.29 is 4.79 Å². The fourth-order valence-corrected chi connectivity index (χ4v) is 2.96. The van der Waals surface area contributed by atoms with Crippen molar-refractivity contribution in [1.82, 2.24) is 14.9 Å². The van der Waals surface area contributed by atoms with Gasteiger partial charge in [-0.2, -0.15) is 4.98 Å². The van der Waals surface area contributed by atoms with E-state index >= 15 is 0 Å². The Kier molecular flexibility index (Phi) is 4.93. The van der Waals surface area contributed by atoms with E-state index in [0.29, 0.717) is 5.95 Å². The molecule has 126 valence electrons. The summed E-state index contributed by atoms with van der Waals surface area (Å²) in [5.41, 5.74) is 3.52. The summed E-state index contributed by atoms with van der Waals surface area (Å²) in [6.07, 6.45) is 3.65. The molecule has 0 aliphatic carbocycles. The monoisotopic (exact) mass is 325 g/mol. The van der Waals surface area contributed by atoms with Gasteiger partial charge < -0.3 is 15.1 Å². The van der Waals surface area contributed by atoms with Gasteiger partial charge >= 0.3 is 0 Å². The average Bonchev–Trinajstić information content (AvgIpc) is 2.64. The Hall–Kier alpha value is -2.63. The molecule has 1 fully saturated rings. The third-order valence-electron chi connectivity index (χ3n) is 4.40. The van der Waals surface area contributed by atoms with Crippen LogP contribution in [0.3, 0.4) is 0 Å². The summed E-state index contributed by atoms with van der Waals surface area (Å²) in [6.45, 7) is 7.27. The summed E-state index contributed by atoms with van der Waals surface area (Å²) >= 11 is 0. The second-order valence-electron chi connectivity index (χ2n) is 5.95. The quantitative estimate of drug-likeness (QED) is 0.855. The molecule has 24 heavy (non-hydrogen) atoms. The first-order valence-electron chi connectivity index (χ1n) is 8.34. The number of para-hydroxylation sites is 1. The minimum atomic E-state index is 0.606. The van der Waals surface area contributed by atoms with Crippen LogP contribution in [0.25, 0.3) is 0 Å². The number of carbonyl (C=O) groups excluding carboxylic acids is 1. The highest BCUT2D eigenvalue weighted by Crippen LogP contribution is 2.24. The minimum absolute atomic E-state index is 0.606. The van der Waals surface area contributed by atoms with Crippen LogP contribution in [0, 0.1) is 6.92 Å². The maximum atomic E-state index is 10.8. The molecule has 2 aromatic rings. The zero-order chi connectivity index (χ0) is 16.9. The van der Waals surface area contributed by atoms with Gasteiger partial charge in [0.05, 0.1) is 0 Å². The fourth-order valence-electron chi connectivity index (χ4n) is 2.96. The van der Waals surface area contributed by atoms with Crippen LogP contribution < -0.4 is 10.2 Å². The molecule has 1 aromatic carbocycles. The zero-order valence-electron chi connectivity index (χ0n) is 14.2. The zero-order valence-corrected chi connectivity index (χ0v) is 14.2. The van der Waals surface area contributed by atoms with Crippen LogP contribution in [-0.2, 0) is 11.2 Å². The first-order chi connectivity index (χ1) is 11.7. The van der Waals surface area contributed by atoms with E-state index in [9.17, 15) is 4.79 Å². The van der Waals surface area contributed by atoms with Crippen molar-refractivity contribution in [3.63, 3.8) is 0 Å². The van der Waals surface area contributed by atoms with Gasteiger partial charge in [-0.05, 0) is 30.5 Å². The lowest BCUT2D eigenvalue weighted by Gasteiger charge is -2.33. The maximum Gasteiger partial charge on any atom is 0.229 e. The number of aromatic nitrogens is 2. The third kappa shape index (κ3) is 3.48. The summed E-state index contributed by atoms with van der Waals surface area (Å²) in [5, 5.41) is 3.38. The second-order valence-corrected chi connectivity index (χ2v) is 5.95. The summed E-state index contributed by atoms with van der Waals surface area (Å²) in [6, 6.07) is 8.20. The van der Waals surface area contributed by atoms with Gasteiger partial charge in [0, 0.05) is 38.1 Å². The van der Waals surface area contributed by atoms with Crippen LogP contribution in [0.5, 0.6) is 0 Å². The molecule has 1 N–H and O–H groups in total. The highest BCUT2D eigenvalue weighted by Gasteiger charge is 2.17. The van der Waals surface area contributed by atoms with E-state index in [1.165, 1.54) is 11.1 Å². The molecule has 0 spiro atoms. The van der Waals surface area contributed by atoms with Crippen molar-refractivity contribution in [2.24, 2.45) is 0 Å². The van der Waals surface area contributed by atoms with E-state index in [0.717, 1.165) is 50.5 Å². The summed E-state index contributed by atoms with van der Waals surface area (Å²) < 4.78 is 0. The van der Waals surface area contributed by atoms with E-state index in [-0.39, 0.29) is 0 Å². The number of piperazine rings is 1. The normalized spacial score (nSPS) is 14.6. The highest BCUT2D eigenvalue weighted by atomic mass is 16.1. The number of nitrogens with one attached hydrogen (secondary N) is 1. The van der Waals surface area contributed by atoms with E-state index in [1.807, 2.05) is 6.07 Å². The van der Waals surface area contributed by atoms with E-state index in [1.54, 1.807) is 11.1 Å². The Morgan fingerprint density at radius 3 is 2.71 bits per heavy atom. The summed E-state index contributed by atoms with van der Waals surface area (Å²) in [7, 11) is 0. The molecule has 6 heteroatoms. The van der Waals surface area contributed by atoms with Crippen LogP contribution in [0.15, 0.2) is 30.5 Å². The minimum Gasteiger partial charge on any atom is -0.353 e. The van der Waals surface area contributed by atoms with Gasteiger partial charge in [0.15, 0.2) is 0 Å². The number of benzene rings is 1. The van der Waals surface area contributed by atoms with Crippen molar-refractivity contribution in [2.45, 2.75) is 20.3 Å². The van der Waals surface area contributed by atoms with Crippen molar-refractivity contribution in [1.29, 1.82) is 0 Å². The van der Waals surface area contributed by atoms with Crippen LogP contribution in [-0.4, -0.2) is 47.5 Å². The number of aryl methyl sites for hydroxylation is 2. The van der Waals surface area contributed by atoms with Crippen LogP contribution >= 0.6 is 0 Å². The summed E-state index contributed by atoms with van der Waals surface area (Å²) in [5.74, 6) is 1.50. The first-order valence-corrected chi connectivity index (χ1v) is 8.34. The molecular weight excluding hydrogens is 302 g/mol. The van der Waals surface area contributed by atoms with Gasteiger partial charge in [-0.25, -0.2) is 4.98 Å². The Bertz CT molecular complexity index is 710. The van der Waals surface area contributed by atoms with Crippen molar-refractivity contribution in [3.05, 3.63) is 41.6 Å². The van der Waals surface area contributed by atoms with Gasteiger partial charge in [-0.1, -0.05) is 25.1 Å². The fraction of sp³-hybridized carbons (Fsp3) is 0.389. The number of anilines is 3. The Balaban J connectivity index is 1.78. The Morgan fingerprint density at radius 2 is 2.00 bits per heavy atom. The number of nitrogens with zero attached hydrogens (tertiary/aromatic N) is 4. The molecule has 0 unspecified atom stereocenters. The molecule has 2 heterocycles. The molecule has 0 atom stereocenters. The molecule has 1 saturated heterocycles. The topological polar surface area (TPSA) is 61.4 Å². The molecule has 0 saturated carbocycles. The molecule has 6 nitrogen and oxygen atoms in total. The Labute approximate surface area is 142 Å². The molecular formula is C18H23N5O. The van der Waals surface area contributed by atoms with Crippen molar-refractivity contribution in [3.8, 4) is 0 Å². The van der Waals surface area contributed by atoms with Crippen LogP contribution in [0.4, 0.5) is 17.5 Å². The predicted molar refractivity (Wildman–Crippen MR) is 95.7 cm³/mol. The molecule has 1 aromatic heterocycles. The van der Waals surface area contributed by atoms with Gasteiger partial charge in [0.25, 0.3) is 0 Å². The highest BCUT2D eigenvalue weighted by molar-refractivity contribution is 5.64. The maximum absolute atomic E-state index is 10.8. The van der Waals surface area contributed by atoms with Crippen LogP contribution in [0.2, 0.25) is 0 Å². The predicted octanol–water partition coefficient (Wildman–Crippen LogP) is 2.37. The van der Waals surface area contributed by atoms with Gasteiger partial charge in [-0.3, -0.25) is 4.79 Å². The second kappa shape index (κ2) is 7.29. The number of carbonyl (C=O) groups is 1. The Morgan fingerprint density at radius 1 is 1.21 bits per heavy atom. The largest absolute Gasteiger partial charge is 0.353 e. The van der Waals surface area contributed by atoms with Crippen LogP contribution in [0.1, 0.15) is 18.1 Å². The third-order valence-corrected chi connectivity index (χ3v) is 4.40. The SMILES string of the molecule is CCc1cccc(C)c1Nc1nccc(N2CCN(C=O)CC2)n1. The van der Waals surface area contributed by atoms with Gasteiger partial charge in [0.1, 0.15) is 5.82 Å². The lowest BCUT2D eigenvalue weighted by Crippen LogP contribution is -2.46. The van der Waals surface area contributed by atoms with E-state index < -0.39 is 0 Å². The molecule has 1 amide bonds. The lowest BCUT2D eigenvalue weighted by molar-refractivity contribution is -0.118. The van der Waals surface area contributed by atoms with Crippen molar-refractivity contribution >= 4 is 23.9 Å². The molecule has 0 radical (unpaired) electrons. The van der Waals surface area contributed by atoms with Crippen molar-refractivity contribution in [2.75, 3.05) is 36.4 Å². The smallest absolute Gasteiger partial charge is 0.229 e. The van der Waals surface area contributed by atoms with E-state index in [4.69, 9.17) is 0 Å². The molecule has 0 bridgehead atoms. The molecule has 3 rings (SSSR count). The molecule has 1 aliphatic rings. The standard InChI is InChI=1S/C18H23N5O/c1-3-15-6-4-5-14(2)17(15)21-18-19-8-7-16(20-18)23-11-9-22(13-24)10-12-23/h4-8,13H,3,9-12H2,1-2H3,(H,19,20,21). The number of amides is 1. The van der Waals surface area contributed by atoms with Gasteiger partial charge in [-0.15, -0.1) is 0 Å². The average molecular weight is 325 g/mol. The van der Waals surface area contributed by atoms with E-state index in [2.05, 4.69) is 52.2 Å². The number of hydrogen-bond acceptors (Lipinski definition) is 5. The number of rotatable bonds is 5. The molecule has 1 aliphatic heterocycles. The summed E-state index contributed by atoms with van der Waals surface area (Å²) in [4.78, 5) is 23.8. The van der Waals surface area contributed by atoms with Gasteiger partial charge in [0.2, 0.25) is 12.4 Å². The first kappa shape index (κ1) is 16.2. The lowest BCUT2D eigenvalue weighted by atomic mass is 10.1. The number of hydrogen-bond donors (Lipinski definition) is 1.